The second-order valence-electron chi connectivity index (χ2n) is 5.80. The normalized spacial score (nSPS) is 15.5. The van der Waals surface area contributed by atoms with Crippen LogP contribution in [0.1, 0.15) is 37.4 Å². The second kappa shape index (κ2) is 7.51. The maximum atomic E-state index is 13.5. The Morgan fingerprint density at radius 1 is 1.36 bits per heavy atom. The summed E-state index contributed by atoms with van der Waals surface area (Å²) in [6.45, 7) is 4.53. The molecule has 0 radical (unpaired) electrons. The molecule has 2 N–H and O–H groups in total. The predicted molar refractivity (Wildman–Crippen MR) is 84.9 cm³/mol. The van der Waals surface area contributed by atoms with E-state index < -0.39 is 6.10 Å². The third-order valence-corrected chi connectivity index (χ3v) is 4.07. The van der Waals surface area contributed by atoms with E-state index in [1.54, 1.807) is 16.9 Å². The van der Waals surface area contributed by atoms with E-state index in [0.29, 0.717) is 6.54 Å². The summed E-state index contributed by atoms with van der Waals surface area (Å²) in [4.78, 5) is 0. The number of hydrogen-bond donors (Lipinski definition) is 2. The van der Waals surface area contributed by atoms with Gasteiger partial charge in [-0.25, -0.2) is 4.39 Å². The molecule has 2 rings (SSSR count). The highest BCUT2D eigenvalue weighted by Gasteiger charge is 2.19. The Labute approximate surface area is 131 Å². The summed E-state index contributed by atoms with van der Waals surface area (Å²) in [5.41, 5.74) is 1.77. The zero-order chi connectivity index (χ0) is 16.1. The lowest BCUT2D eigenvalue weighted by atomic mass is 9.98. The molecule has 1 aromatic heterocycles. The maximum Gasteiger partial charge on any atom is 0.123 e. The standard InChI is InChI=1S/C17H24FN3O/c1-4-12(2)16(22)10-19-17(14-9-20-21(3)11-14)13-6-5-7-15(18)8-13/h5-9,11-12,16-17,19,22H,4,10H2,1-3H3. The number of aliphatic hydroxyl groups is 1. The SMILES string of the molecule is CCC(C)C(O)CNC(c1cccc(F)c1)c1cnn(C)c1. The van der Waals surface area contributed by atoms with Crippen molar-refractivity contribution < 1.29 is 9.50 Å². The lowest BCUT2D eigenvalue weighted by molar-refractivity contribution is 0.111. The van der Waals surface area contributed by atoms with Crippen molar-refractivity contribution in [1.29, 1.82) is 0 Å². The lowest BCUT2D eigenvalue weighted by Crippen LogP contribution is -2.34. The minimum Gasteiger partial charge on any atom is -0.392 e. The first kappa shape index (κ1) is 16.6. The summed E-state index contributed by atoms with van der Waals surface area (Å²) in [7, 11) is 1.85. The Bertz CT molecular complexity index is 599. The predicted octanol–water partition coefficient (Wildman–Crippen LogP) is 2.65. The summed E-state index contributed by atoms with van der Waals surface area (Å²) in [6, 6.07) is 6.32. The van der Waals surface area contributed by atoms with Crippen molar-refractivity contribution in [3.05, 3.63) is 53.6 Å². The molecule has 0 bridgehead atoms. The van der Waals surface area contributed by atoms with Crippen LogP contribution in [0.5, 0.6) is 0 Å². The minimum absolute atomic E-state index is 0.192. The molecule has 0 saturated heterocycles. The van der Waals surface area contributed by atoms with Crippen LogP contribution in [-0.2, 0) is 7.05 Å². The van der Waals surface area contributed by atoms with Gasteiger partial charge in [0.2, 0.25) is 0 Å². The monoisotopic (exact) mass is 305 g/mol. The van der Waals surface area contributed by atoms with Crippen molar-refractivity contribution in [2.24, 2.45) is 13.0 Å². The van der Waals surface area contributed by atoms with Crippen molar-refractivity contribution in [1.82, 2.24) is 15.1 Å². The first-order chi connectivity index (χ1) is 10.5. The molecule has 22 heavy (non-hydrogen) atoms. The molecule has 5 heteroatoms. The van der Waals surface area contributed by atoms with Crippen LogP contribution >= 0.6 is 0 Å². The zero-order valence-electron chi connectivity index (χ0n) is 13.3. The Balaban J connectivity index is 2.19. The molecule has 0 aliphatic carbocycles. The number of rotatable bonds is 7. The van der Waals surface area contributed by atoms with E-state index in [9.17, 15) is 9.50 Å². The summed E-state index contributed by atoms with van der Waals surface area (Å²) >= 11 is 0. The van der Waals surface area contributed by atoms with Crippen molar-refractivity contribution >= 4 is 0 Å². The van der Waals surface area contributed by atoms with E-state index >= 15 is 0 Å². The van der Waals surface area contributed by atoms with Gasteiger partial charge in [-0.2, -0.15) is 5.10 Å². The van der Waals surface area contributed by atoms with Crippen LogP contribution in [-0.4, -0.2) is 27.5 Å². The molecule has 0 spiro atoms. The number of hydrogen-bond acceptors (Lipinski definition) is 3. The average molecular weight is 305 g/mol. The van der Waals surface area contributed by atoms with Crippen molar-refractivity contribution in [2.75, 3.05) is 6.54 Å². The molecular formula is C17H24FN3O. The van der Waals surface area contributed by atoms with Crippen LogP contribution in [0.25, 0.3) is 0 Å². The molecule has 4 nitrogen and oxygen atoms in total. The fourth-order valence-corrected chi connectivity index (χ4v) is 2.42. The minimum atomic E-state index is -0.433. The van der Waals surface area contributed by atoms with Crippen molar-refractivity contribution in [3.63, 3.8) is 0 Å². The molecule has 0 fully saturated rings. The van der Waals surface area contributed by atoms with Crippen molar-refractivity contribution in [2.45, 2.75) is 32.4 Å². The Morgan fingerprint density at radius 2 is 2.14 bits per heavy atom. The highest BCUT2D eigenvalue weighted by Crippen LogP contribution is 2.22. The van der Waals surface area contributed by atoms with Gasteiger partial charge < -0.3 is 10.4 Å². The summed E-state index contributed by atoms with van der Waals surface area (Å²) in [5, 5.41) is 17.7. The number of halogens is 1. The van der Waals surface area contributed by atoms with E-state index in [2.05, 4.69) is 17.3 Å². The summed E-state index contributed by atoms with van der Waals surface area (Å²) < 4.78 is 15.2. The zero-order valence-corrected chi connectivity index (χ0v) is 13.3. The number of aliphatic hydroxyl groups excluding tert-OH is 1. The van der Waals surface area contributed by atoms with Gasteiger partial charge in [-0.15, -0.1) is 0 Å². The third-order valence-electron chi connectivity index (χ3n) is 4.07. The molecule has 3 unspecified atom stereocenters. The Morgan fingerprint density at radius 3 is 2.73 bits per heavy atom. The smallest absolute Gasteiger partial charge is 0.123 e. The van der Waals surface area contributed by atoms with Crippen molar-refractivity contribution in [3.8, 4) is 0 Å². The van der Waals surface area contributed by atoms with Gasteiger partial charge in [0.25, 0.3) is 0 Å². The van der Waals surface area contributed by atoms with Gasteiger partial charge in [-0.1, -0.05) is 32.4 Å². The number of benzene rings is 1. The van der Waals surface area contributed by atoms with E-state index in [-0.39, 0.29) is 17.8 Å². The number of nitrogens with one attached hydrogen (secondary N) is 1. The van der Waals surface area contributed by atoms with Gasteiger partial charge >= 0.3 is 0 Å². The number of aryl methyl sites for hydroxylation is 1. The van der Waals surface area contributed by atoms with Gasteiger partial charge in [-0.05, 0) is 23.6 Å². The van der Waals surface area contributed by atoms with Gasteiger partial charge in [0, 0.05) is 25.4 Å². The highest BCUT2D eigenvalue weighted by molar-refractivity contribution is 5.29. The molecule has 120 valence electrons. The summed E-state index contributed by atoms with van der Waals surface area (Å²) in [6.07, 6.45) is 4.15. The van der Waals surface area contributed by atoms with E-state index in [4.69, 9.17) is 0 Å². The van der Waals surface area contributed by atoms with Crippen LogP contribution in [0.2, 0.25) is 0 Å². The summed E-state index contributed by atoms with van der Waals surface area (Å²) in [5.74, 6) is -0.0507. The molecule has 1 aromatic carbocycles. The molecular weight excluding hydrogens is 281 g/mol. The Hall–Kier alpha value is -1.72. The largest absolute Gasteiger partial charge is 0.392 e. The van der Waals surface area contributed by atoms with E-state index in [0.717, 1.165) is 17.5 Å². The topological polar surface area (TPSA) is 50.1 Å². The molecule has 2 aromatic rings. The third kappa shape index (κ3) is 4.15. The quantitative estimate of drug-likeness (QED) is 0.827. The van der Waals surface area contributed by atoms with Crippen LogP contribution in [0.15, 0.2) is 36.7 Å². The Kier molecular flexibility index (Phi) is 5.69. The average Bonchev–Trinajstić information content (AvgIpc) is 2.93. The van der Waals surface area contributed by atoms with Crippen LogP contribution in [0, 0.1) is 11.7 Å². The maximum absolute atomic E-state index is 13.5. The molecule has 0 amide bonds. The number of aromatic nitrogens is 2. The van der Waals surface area contributed by atoms with Crippen LogP contribution in [0.4, 0.5) is 4.39 Å². The fourth-order valence-electron chi connectivity index (χ4n) is 2.42. The first-order valence-corrected chi connectivity index (χ1v) is 7.66. The van der Waals surface area contributed by atoms with Crippen LogP contribution < -0.4 is 5.32 Å². The highest BCUT2D eigenvalue weighted by atomic mass is 19.1. The molecule has 0 saturated carbocycles. The van der Waals surface area contributed by atoms with E-state index in [1.807, 2.05) is 26.2 Å². The molecule has 0 aliphatic heterocycles. The first-order valence-electron chi connectivity index (χ1n) is 7.66. The van der Waals surface area contributed by atoms with Gasteiger partial charge in [-0.3, -0.25) is 4.68 Å². The fraction of sp³-hybridized carbons (Fsp3) is 0.471. The van der Waals surface area contributed by atoms with Gasteiger partial charge in [0.1, 0.15) is 5.82 Å². The molecule has 0 aliphatic rings. The van der Waals surface area contributed by atoms with Gasteiger partial charge in [0.05, 0.1) is 18.3 Å². The lowest BCUT2D eigenvalue weighted by Gasteiger charge is -2.23. The van der Waals surface area contributed by atoms with Crippen LogP contribution in [0.3, 0.4) is 0 Å². The molecule has 1 heterocycles. The van der Waals surface area contributed by atoms with E-state index in [1.165, 1.54) is 12.1 Å². The van der Waals surface area contributed by atoms with Gasteiger partial charge in [0.15, 0.2) is 0 Å². The second-order valence-corrected chi connectivity index (χ2v) is 5.80. The number of nitrogens with zero attached hydrogens (tertiary/aromatic N) is 2. The molecule has 3 atom stereocenters.